The third kappa shape index (κ3) is 3.81. The normalized spacial score (nSPS) is 10.9. The molecule has 6 nitrogen and oxygen atoms in total. The van der Waals surface area contributed by atoms with Crippen LogP contribution in [0.4, 0.5) is 4.39 Å². The van der Waals surface area contributed by atoms with Crippen LogP contribution in [0.5, 0.6) is 0 Å². The van der Waals surface area contributed by atoms with Crippen LogP contribution in [0.25, 0.3) is 0 Å². The molecule has 0 spiro atoms. The van der Waals surface area contributed by atoms with E-state index in [1.165, 1.54) is 24.4 Å². The van der Waals surface area contributed by atoms with Gasteiger partial charge in [0.05, 0.1) is 0 Å². The fourth-order valence-electron chi connectivity index (χ4n) is 2.03. The van der Waals surface area contributed by atoms with E-state index in [0.29, 0.717) is 18.7 Å². The molecule has 1 aromatic carbocycles. The van der Waals surface area contributed by atoms with Crippen molar-refractivity contribution < 1.29 is 8.91 Å². The minimum absolute atomic E-state index is 0.0585. The van der Waals surface area contributed by atoms with E-state index < -0.39 is 5.56 Å². The van der Waals surface area contributed by atoms with Gasteiger partial charge < -0.3 is 4.52 Å². The first-order valence-corrected chi connectivity index (χ1v) is 7.27. The summed E-state index contributed by atoms with van der Waals surface area (Å²) in [4.78, 5) is 16.0. The second kappa shape index (κ2) is 6.70. The SMILES string of the molecule is O=c1c(Cl)ccnn1Cc1nc(CCc2ccc(F)cc2)no1. The van der Waals surface area contributed by atoms with E-state index in [0.717, 1.165) is 10.2 Å². The van der Waals surface area contributed by atoms with Crippen LogP contribution >= 0.6 is 11.6 Å². The van der Waals surface area contributed by atoms with Gasteiger partial charge in [0.1, 0.15) is 17.4 Å². The molecule has 3 rings (SSSR count). The van der Waals surface area contributed by atoms with E-state index in [-0.39, 0.29) is 23.3 Å². The summed E-state index contributed by atoms with van der Waals surface area (Å²) in [6, 6.07) is 7.67. The van der Waals surface area contributed by atoms with E-state index in [1.54, 1.807) is 12.1 Å². The van der Waals surface area contributed by atoms with Gasteiger partial charge in [0.25, 0.3) is 5.56 Å². The summed E-state index contributed by atoms with van der Waals surface area (Å²) in [6.07, 6.45) is 2.64. The molecule has 0 fully saturated rings. The Balaban J connectivity index is 1.65. The Hall–Kier alpha value is -2.54. The quantitative estimate of drug-likeness (QED) is 0.715. The van der Waals surface area contributed by atoms with Crippen LogP contribution in [-0.2, 0) is 19.4 Å². The number of nitrogens with zero attached hydrogens (tertiary/aromatic N) is 4. The minimum atomic E-state index is -0.416. The molecule has 0 N–H and O–H groups in total. The highest BCUT2D eigenvalue weighted by molar-refractivity contribution is 6.30. The molecule has 0 atom stereocenters. The smallest absolute Gasteiger partial charge is 0.285 e. The molecular weight excluding hydrogens is 323 g/mol. The lowest BCUT2D eigenvalue weighted by atomic mass is 10.1. The van der Waals surface area contributed by atoms with E-state index in [1.807, 2.05) is 0 Å². The van der Waals surface area contributed by atoms with Crippen molar-refractivity contribution in [2.24, 2.45) is 0 Å². The van der Waals surface area contributed by atoms with Crippen LogP contribution in [0.1, 0.15) is 17.3 Å². The summed E-state index contributed by atoms with van der Waals surface area (Å²) < 4.78 is 19.1. The molecule has 0 aliphatic carbocycles. The Labute approximate surface area is 135 Å². The maximum Gasteiger partial charge on any atom is 0.285 e. The molecule has 0 saturated carbocycles. The number of hydrogen-bond acceptors (Lipinski definition) is 5. The maximum absolute atomic E-state index is 12.8. The Morgan fingerprint density at radius 2 is 1.96 bits per heavy atom. The lowest BCUT2D eigenvalue weighted by molar-refractivity contribution is 0.358. The Kier molecular flexibility index (Phi) is 4.47. The highest BCUT2D eigenvalue weighted by Crippen LogP contribution is 2.07. The van der Waals surface area contributed by atoms with Crippen LogP contribution in [0.15, 0.2) is 45.8 Å². The molecular formula is C15H12ClFN4O2. The largest absolute Gasteiger partial charge is 0.337 e. The molecule has 0 unspecified atom stereocenters. The van der Waals surface area contributed by atoms with E-state index in [4.69, 9.17) is 16.1 Å². The standard InChI is InChI=1S/C15H12ClFN4O2/c16-12-7-8-18-21(15(12)22)9-14-19-13(20-23-14)6-3-10-1-4-11(17)5-2-10/h1-2,4-5,7-8H,3,6,9H2. The Morgan fingerprint density at radius 3 is 2.74 bits per heavy atom. The minimum Gasteiger partial charge on any atom is -0.337 e. The van der Waals surface area contributed by atoms with Gasteiger partial charge in [0.2, 0.25) is 5.89 Å². The van der Waals surface area contributed by atoms with Gasteiger partial charge in [0, 0.05) is 12.6 Å². The highest BCUT2D eigenvalue weighted by Gasteiger charge is 2.10. The summed E-state index contributed by atoms with van der Waals surface area (Å²) in [5, 5.41) is 7.84. The number of hydrogen-bond donors (Lipinski definition) is 0. The lowest BCUT2D eigenvalue weighted by Gasteiger charge is -1.99. The summed E-state index contributed by atoms with van der Waals surface area (Å²) in [5.41, 5.74) is 0.561. The monoisotopic (exact) mass is 334 g/mol. The number of rotatable bonds is 5. The zero-order valence-electron chi connectivity index (χ0n) is 11.9. The molecule has 23 heavy (non-hydrogen) atoms. The maximum atomic E-state index is 12.8. The van der Waals surface area contributed by atoms with Gasteiger partial charge in [0.15, 0.2) is 5.82 Å². The van der Waals surface area contributed by atoms with Crippen molar-refractivity contribution in [2.45, 2.75) is 19.4 Å². The molecule has 0 saturated heterocycles. The second-order valence-corrected chi connectivity index (χ2v) is 5.28. The first kappa shape index (κ1) is 15.4. The average molecular weight is 335 g/mol. The summed E-state index contributed by atoms with van der Waals surface area (Å²) >= 11 is 5.75. The van der Waals surface area contributed by atoms with Crippen molar-refractivity contribution in [1.82, 2.24) is 19.9 Å². The Bertz CT molecular complexity index is 860. The molecule has 8 heteroatoms. The van der Waals surface area contributed by atoms with Crippen LogP contribution in [-0.4, -0.2) is 19.9 Å². The molecule has 2 aromatic heterocycles. The summed E-state index contributed by atoms with van der Waals surface area (Å²) in [6.45, 7) is 0.0585. The van der Waals surface area contributed by atoms with Gasteiger partial charge in [-0.15, -0.1) is 0 Å². The number of benzene rings is 1. The van der Waals surface area contributed by atoms with Crippen LogP contribution in [0.2, 0.25) is 5.02 Å². The fourth-order valence-corrected chi connectivity index (χ4v) is 2.18. The molecule has 0 aliphatic heterocycles. The second-order valence-electron chi connectivity index (χ2n) is 4.87. The first-order valence-electron chi connectivity index (χ1n) is 6.89. The van der Waals surface area contributed by atoms with E-state index >= 15 is 0 Å². The van der Waals surface area contributed by atoms with Crippen molar-refractivity contribution in [3.8, 4) is 0 Å². The van der Waals surface area contributed by atoms with Crippen molar-refractivity contribution in [2.75, 3.05) is 0 Å². The highest BCUT2D eigenvalue weighted by atomic mass is 35.5. The zero-order chi connectivity index (χ0) is 16.2. The van der Waals surface area contributed by atoms with E-state index in [9.17, 15) is 9.18 Å². The number of halogens is 2. The summed E-state index contributed by atoms with van der Waals surface area (Å²) in [7, 11) is 0. The van der Waals surface area contributed by atoms with Gasteiger partial charge >= 0.3 is 0 Å². The topological polar surface area (TPSA) is 73.8 Å². The Morgan fingerprint density at radius 1 is 1.17 bits per heavy atom. The van der Waals surface area contributed by atoms with Crippen LogP contribution < -0.4 is 5.56 Å². The first-order chi connectivity index (χ1) is 11.1. The van der Waals surface area contributed by atoms with Crippen LogP contribution in [0.3, 0.4) is 0 Å². The molecule has 0 radical (unpaired) electrons. The van der Waals surface area contributed by atoms with Gasteiger partial charge in [-0.25, -0.2) is 9.07 Å². The summed E-state index contributed by atoms with van der Waals surface area (Å²) in [5.74, 6) is 0.519. The predicted molar refractivity (Wildman–Crippen MR) is 80.7 cm³/mol. The van der Waals surface area contributed by atoms with Gasteiger partial charge in [-0.2, -0.15) is 10.1 Å². The molecule has 118 valence electrons. The molecule has 0 amide bonds. The molecule has 0 aliphatic rings. The number of aryl methyl sites for hydroxylation is 2. The van der Waals surface area contributed by atoms with Gasteiger partial charge in [-0.1, -0.05) is 28.9 Å². The zero-order valence-corrected chi connectivity index (χ0v) is 12.7. The van der Waals surface area contributed by atoms with Gasteiger partial charge in [-0.3, -0.25) is 4.79 Å². The van der Waals surface area contributed by atoms with Gasteiger partial charge in [-0.05, 0) is 30.2 Å². The van der Waals surface area contributed by atoms with Crippen molar-refractivity contribution in [3.05, 3.63) is 75.0 Å². The predicted octanol–water partition coefficient (Wildman–Crippen LogP) is 2.25. The third-order valence-corrected chi connectivity index (χ3v) is 3.50. The van der Waals surface area contributed by atoms with Crippen molar-refractivity contribution in [3.63, 3.8) is 0 Å². The molecule has 0 bridgehead atoms. The average Bonchev–Trinajstić information content (AvgIpc) is 2.99. The number of aromatic nitrogens is 4. The third-order valence-electron chi connectivity index (χ3n) is 3.21. The molecule has 2 heterocycles. The van der Waals surface area contributed by atoms with E-state index in [2.05, 4.69) is 15.2 Å². The lowest BCUT2D eigenvalue weighted by Crippen LogP contribution is -2.23. The fraction of sp³-hybridized carbons (Fsp3) is 0.200. The van der Waals surface area contributed by atoms with Crippen LogP contribution in [0, 0.1) is 5.82 Å². The van der Waals surface area contributed by atoms with Crippen molar-refractivity contribution >= 4 is 11.6 Å². The molecule has 3 aromatic rings. The van der Waals surface area contributed by atoms with Crippen molar-refractivity contribution in [1.29, 1.82) is 0 Å².